The largest absolute Gasteiger partial charge is 0.573 e. The minimum atomic E-state index is -5.43. The number of halogens is 6. The molecule has 106 valence electrons. The van der Waals surface area contributed by atoms with Crippen molar-refractivity contribution in [2.24, 2.45) is 0 Å². The van der Waals surface area contributed by atoms with Gasteiger partial charge in [0.25, 0.3) is 11.4 Å². The van der Waals surface area contributed by atoms with Crippen molar-refractivity contribution in [3.63, 3.8) is 0 Å². The molecular weight excluding hydrogens is 290 g/mol. The fraction of sp³-hybridized carbons (Fsp3) is 0.286. The van der Waals surface area contributed by atoms with Crippen molar-refractivity contribution in [3.05, 3.63) is 21.9 Å². The molecule has 0 unspecified atom stereocenters. The van der Waals surface area contributed by atoms with Crippen molar-refractivity contribution in [2.45, 2.75) is 12.5 Å². The Morgan fingerprint density at radius 1 is 1.26 bits per heavy atom. The number of nitro groups is 1. The van der Waals surface area contributed by atoms with Crippen LogP contribution in [0.1, 0.15) is 5.69 Å². The van der Waals surface area contributed by atoms with Crippen LogP contribution >= 0.6 is 0 Å². The topological polar surface area (TPSA) is 85.5 Å². The molecular formula is C7H2F6N2O4. The first kappa shape index (κ1) is 14.8. The molecule has 0 spiro atoms. The molecule has 0 aliphatic carbocycles. The van der Waals surface area contributed by atoms with E-state index in [0.717, 1.165) is 0 Å². The summed E-state index contributed by atoms with van der Waals surface area (Å²) in [5.41, 5.74) is -2.00. The van der Waals surface area contributed by atoms with E-state index in [1.54, 1.807) is 0 Å². The lowest BCUT2D eigenvalue weighted by molar-refractivity contribution is -0.391. The van der Waals surface area contributed by atoms with Crippen molar-refractivity contribution < 1.29 is 41.1 Å². The summed E-state index contributed by atoms with van der Waals surface area (Å²) in [5, 5.41) is 19.3. The molecule has 0 saturated heterocycles. The fourth-order valence-corrected chi connectivity index (χ4v) is 0.977. The van der Waals surface area contributed by atoms with Gasteiger partial charge in [-0.25, -0.2) is 0 Å². The minimum absolute atomic E-state index is 0.296. The number of aromatic nitrogens is 1. The highest BCUT2D eigenvalue weighted by Crippen LogP contribution is 2.41. The lowest BCUT2D eigenvalue weighted by Gasteiger charge is -2.11. The lowest BCUT2D eigenvalue weighted by atomic mass is 10.3. The summed E-state index contributed by atoms with van der Waals surface area (Å²) in [6.07, 6.45) is -10.7. The highest BCUT2D eigenvalue weighted by atomic mass is 19.4. The van der Waals surface area contributed by atoms with Crippen LogP contribution in [0.4, 0.5) is 32.2 Å². The van der Waals surface area contributed by atoms with E-state index in [0.29, 0.717) is 0 Å². The predicted octanol–water partition coefficient (Wildman–Crippen LogP) is 2.61. The van der Waals surface area contributed by atoms with Gasteiger partial charge >= 0.3 is 18.4 Å². The Hall–Kier alpha value is -2.27. The zero-order valence-electron chi connectivity index (χ0n) is 8.41. The van der Waals surface area contributed by atoms with Crippen molar-refractivity contribution in [3.8, 4) is 11.5 Å². The van der Waals surface area contributed by atoms with Gasteiger partial charge in [0.15, 0.2) is 5.75 Å². The van der Waals surface area contributed by atoms with E-state index < -0.39 is 40.5 Å². The second-order valence-corrected chi connectivity index (χ2v) is 2.98. The Balaban J connectivity index is 3.45. The van der Waals surface area contributed by atoms with E-state index >= 15 is 0 Å². The third-order valence-electron chi connectivity index (χ3n) is 1.63. The summed E-state index contributed by atoms with van der Waals surface area (Å²) < 4.78 is 75.5. The van der Waals surface area contributed by atoms with Gasteiger partial charge in [0, 0.05) is 6.07 Å². The quantitative estimate of drug-likeness (QED) is 0.514. The molecule has 0 aromatic carbocycles. The molecule has 1 heterocycles. The zero-order valence-corrected chi connectivity index (χ0v) is 8.41. The smallest absolute Gasteiger partial charge is 0.498 e. The number of hydrogen-bond acceptors (Lipinski definition) is 5. The molecule has 1 N–H and O–H groups in total. The van der Waals surface area contributed by atoms with Gasteiger partial charge in [-0.1, -0.05) is 0 Å². The summed E-state index contributed by atoms with van der Waals surface area (Å²) in [7, 11) is 0. The molecule has 6 nitrogen and oxygen atoms in total. The maximum atomic E-state index is 12.3. The summed E-state index contributed by atoms with van der Waals surface area (Å²) in [5.74, 6) is -5.31. The summed E-state index contributed by atoms with van der Waals surface area (Å²) in [6, 6.07) is -0.296. The molecule has 19 heavy (non-hydrogen) atoms. The van der Waals surface area contributed by atoms with Crippen LogP contribution in [0.3, 0.4) is 0 Å². The van der Waals surface area contributed by atoms with Gasteiger partial charge in [0.2, 0.25) is 0 Å². The zero-order chi connectivity index (χ0) is 15.0. The fourth-order valence-electron chi connectivity index (χ4n) is 0.977. The van der Waals surface area contributed by atoms with Crippen molar-refractivity contribution in [1.29, 1.82) is 0 Å². The van der Waals surface area contributed by atoms with Crippen LogP contribution in [0.25, 0.3) is 0 Å². The van der Waals surface area contributed by atoms with Crippen LogP contribution in [0.5, 0.6) is 11.5 Å². The van der Waals surface area contributed by atoms with Crippen molar-refractivity contribution >= 4 is 5.82 Å². The minimum Gasteiger partial charge on any atom is -0.498 e. The van der Waals surface area contributed by atoms with Crippen molar-refractivity contribution in [1.82, 2.24) is 4.98 Å². The predicted molar refractivity (Wildman–Crippen MR) is 44.2 cm³/mol. The van der Waals surface area contributed by atoms with Gasteiger partial charge in [-0.05, 0) is 9.91 Å². The Morgan fingerprint density at radius 3 is 2.16 bits per heavy atom. The Labute approximate surface area is 98.9 Å². The van der Waals surface area contributed by atoms with Crippen LogP contribution < -0.4 is 4.74 Å². The van der Waals surface area contributed by atoms with E-state index in [4.69, 9.17) is 5.11 Å². The van der Waals surface area contributed by atoms with Gasteiger partial charge in [0.1, 0.15) is 0 Å². The number of nitrogens with zero attached hydrogens (tertiary/aromatic N) is 2. The lowest BCUT2D eigenvalue weighted by Crippen LogP contribution is -2.19. The summed E-state index contributed by atoms with van der Waals surface area (Å²) in [6.45, 7) is 0. The number of alkyl halides is 6. The molecule has 0 saturated carbocycles. The maximum Gasteiger partial charge on any atom is 0.573 e. The first-order valence-corrected chi connectivity index (χ1v) is 4.13. The molecule has 0 bridgehead atoms. The SMILES string of the molecule is O=[N+]([O-])c1nc(C(F)(F)F)cc(OC(F)(F)F)c1O. The first-order valence-electron chi connectivity index (χ1n) is 4.13. The van der Waals surface area contributed by atoms with Crippen LogP contribution in [-0.4, -0.2) is 21.4 Å². The molecule has 0 radical (unpaired) electrons. The van der Waals surface area contributed by atoms with Crippen LogP contribution in [0.15, 0.2) is 6.07 Å². The Kier molecular flexibility index (Phi) is 3.45. The molecule has 1 aromatic heterocycles. The molecule has 0 atom stereocenters. The summed E-state index contributed by atoms with van der Waals surface area (Å²) >= 11 is 0. The van der Waals surface area contributed by atoms with Gasteiger partial charge in [-0.15, -0.1) is 13.2 Å². The number of hydrogen-bond donors (Lipinski definition) is 1. The average molecular weight is 292 g/mol. The van der Waals surface area contributed by atoms with Gasteiger partial charge < -0.3 is 20.0 Å². The third kappa shape index (κ3) is 3.59. The number of aromatic hydroxyl groups is 1. The number of rotatable bonds is 2. The first-order chi connectivity index (χ1) is 8.42. The molecule has 0 fully saturated rings. The van der Waals surface area contributed by atoms with E-state index in [9.17, 15) is 36.5 Å². The van der Waals surface area contributed by atoms with Crippen molar-refractivity contribution in [2.75, 3.05) is 0 Å². The van der Waals surface area contributed by atoms with E-state index in [1.807, 2.05) is 0 Å². The second kappa shape index (κ2) is 4.44. The Morgan fingerprint density at radius 2 is 1.79 bits per heavy atom. The summed E-state index contributed by atoms with van der Waals surface area (Å²) in [4.78, 5) is 11.1. The van der Waals surface area contributed by atoms with Gasteiger partial charge in [-0.2, -0.15) is 13.2 Å². The molecule has 0 amide bonds. The molecule has 0 aliphatic rings. The maximum absolute atomic E-state index is 12.3. The number of pyridine rings is 1. The highest BCUT2D eigenvalue weighted by Gasteiger charge is 2.42. The van der Waals surface area contributed by atoms with E-state index in [-0.39, 0.29) is 6.07 Å². The molecule has 1 aromatic rings. The molecule has 0 aliphatic heterocycles. The van der Waals surface area contributed by atoms with E-state index in [2.05, 4.69) is 9.72 Å². The molecule has 12 heteroatoms. The second-order valence-electron chi connectivity index (χ2n) is 2.98. The monoisotopic (exact) mass is 292 g/mol. The number of ether oxygens (including phenoxy) is 1. The van der Waals surface area contributed by atoms with Crippen LogP contribution in [0, 0.1) is 10.1 Å². The van der Waals surface area contributed by atoms with Crippen LogP contribution in [-0.2, 0) is 6.18 Å². The van der Waals surface area contributed by atoms with E-state index in [1.165, 1.54) is 0 Å². The van der Waals surface area contributed by atoms with Crippen LogP contribution in [0.2, 0.25) is 0 Å². The molecule has 1 rings (SSSR count). The highest BCUT2D eigenvalue weighted by molar-refractivity contribution is 5.51. The Bertz CT molecular complexity index is 512. The third-order valence-corrected chi connectivity index (χ3v) is 1.63. The van der Waals surface area contributed by atoms with Gasteiger partial charge in [-0.3, -0.25) is 0 Å². The van der Waals surface area contributed by atoms with Gasteiger partial charge in [0.05, 0.1) is 0 Å². The standard InChI is InChI=1S/C7H2F6N2O4/c8-6(9,10)3-1-2(19-7(11,12)13)4(16)5(14-3)15(17)18/h1,16H. The normalized spacial score (nSPS) is 12.3. The average Bonchev–Trinajstić information content (AvgIpc) is 2.16.